The Morgan fingerprint density at radius 1 is 0.794 bits per heavy atom. The highest BCUT2D eigenvalue weighted by molar-refractivity contribution is 6.46. The van der Waals surface area contributed by atoms with Crippen molar-refractivity contribution in [3.05, 3.63) is 96.1 Å². The Labute approximate surface area is 195 Å². The van der Waals surface area contributed by atoms with E-state index in [1.165, 1.54) is 13.0 Å². The van der Waals surface area contributed by atoms with Gasteiger partial charge in [-0.25, -0.2) is 19.4 Å². The summed E-state index contributed by atoms with van der Waals surface area (Å²) in [6.07, 6.45) is 0.160. The summed E-state index contributed by atoms with van der Waals surface area (Å²) in [7, 11) is 0. The van der Waals surface area contributed by atoms with E-state index < -0.39 is 29.9 Å². The fraction of sp³-hybridized carbons (Fsp3) is 0.0769. The Morgan fingerprint density at radius 3 is 1.76 bits per heavy atom. The van der Waals surface area contributed by atoms with Crippen molar-refractivity contribution in [3.63, 3.8) is 0 Å². The van der Waals surface area contributed by atoms with E-state index in [9.17, 15) is 24.3 Å². The van der Waals surface area contributed by atoms with Crippen LogP contribution in [0.2, 0.25) is 0 Å². The Balaban J connectivity index is 1.84. The maximum atomic E-state index is 13.4. The van der Waals surface area contributed by atoms with E-state index >= 15 is 0 Å². The van der Waals surface area contributed by atoms with Crippen LogP contribution in [-0.4, -0.2) is 35.0 Å². The Kier molecular flexibility index (Phi) is 6.22. The zero-order chi connectivity index (χ0) is 24.2. The smallest absolute Gasteiger partial charge is 0.344 e. The number of nitrogens with zero attached hydrogens (tertiary/aromatic N) is 2. The van der Waals surface area contributed by atoms with E-state index in [-0.39, 0.29) is 11.3 Å². The number of hydrogen-bond acceptors (Lipinski definition) is 5. The molecule has 3 aromatic rings. The van der Waals surface area contributed by atoms with Crippen LogP contribution in [0, 0.1) is 0 Å². The molecule has 1 aliphatic rings. The van der Waals surface area contributed by atoms with Gasteiger partial charge in [0.2, 0.25) is 0 Å². The van der Waals surface area contributed by atoms with Gasteiger partial charge in [0.05, 0.1) is 11.4 Å². The lowest BCUT2D eigenvalue weighted by atomic mass is 10.0. The number of amides is 4. The number of carbonyl (C=O) groups excluding carboxylic acids is 3. The van der Waals surface area contributed by atoms with Crippen molar-refractivity contribution in [1.29, 1.82) is 0 Å². The molecule has 8 nitrogen and oxygen atoms in total. The molecule has 1 heterocycles. The SMILES string of the molecule is C[C@@H](Oc1ccccc1C=C1C(=O)N(c2ccccc2)C(=O)N(c2ccccc2)C1=O)C(=O)O. The molecule has 0 bridgehead atoms. The molecule has 1 fully saturated rings. The predicted molar refractivity (Wildman–Crippen MR) is 125 cm³/mol. The summed E-state index contributed by atoms with van der Waals surface area (Å²) >= 11 is 0. The Bertz CT molecular complexity index is 1220. The van der Waals surface area contributed by atoms with E-state index in [0.29, 0.717) is 16.9 Å². The van der Waals surface area contributed by atoms with E-state index in [0.717, 1.165) is 9.80 Å². The molecule has 3 aromatic carbocycles. The van der Waals surface area contributed by atoms with Gasteiger partial charge in [0.25, 0.3) is 11.8 Å². The minimum absolute atomic E-state index is 0.180. The van der Waals surface area contributed by atoms with E-state index in [1.54, 1.807) is 84.9 Å². The van der Waals surface area contributed by atoms with Gasteiger partial charge < -0.3 is 9.84 Å². The maximum absolute atomic E-state index is 13.4. The number of anilines is 2. The number of carboxylic acid groups (broad SMARTS) is 1. The first kappa shape index (κ1) is 22.5. The summed E-state index contributed by atoms with van der Waals surface area (Å²) in [5.41, 5.74) is 0.663. The molecule has 1 saturated heterocycles. The van der Waals surface area contributed by atoms with Crippen LogP contribution < -0.4 is 14.5 Å². The molecule has 4 rings (SSSR count). The molecular formula is C26H20N2O6. The number of imide groups is 2. The lowest BCUT2D eigenvalue weighted by Gasteiger charge is -2.34. The third kappa shape index (κ3) is 4.29. The second-order valence-corrected chi connectivity index (χ2v) is 7.43. The highest BCUT2D eigenvalue weighted by Crippen LogP contribution is 2.31. The number of carboxylic acids is 1. The van der Waals surface area contributed by atoms with Crippen LogP contribution in [0.5, 0.6) is 5.75 Å². The highest BCUT2D eigenvalue weighted by atomic mass is 16.5. The molecule has 0 radical (unpaired) electrons. The van der Waals surface area contributed by atoms with E-state index in [1.807, 2.05) is 0 Å². The third-order valence-corrected chi connectivity index (χ3v) is 5.15. The van der Waals surface area contributed by atoms with Gasteiger partial charge in [-0.15, -0.1) is 0 Å². The number of benzene rings is 3. The molecule has 1 atom stereocenters. The lowest BCUT2D eigenvalue weighted by molar-refractivity contribution is -0.144. The zero-order valence-electron chi connectivity index (χ0n) is 18.1. The summed E-state index contributed by atoms with van der Waals surface area (Å²) in [5.74, 6) is -2.58. The molecule has 0 spiro atoms. The van der Waals surface area contributed by atoms with Crippen molar-refractivity contribution < 1.29 is 29.0 Å². The molecule has 1 N–H and O–H groups in total. The zero-order valence-corrected chi connectivity index (χ0v) is 18.1. The first-order valence-electron chi connectivity index (χ1n) is 10.4. The molecule has 0 aliphatic carbocycles. The van der Waals surface area contributed by atoms with Gasteiger partial charge in [-0.2, -0.15) is 0 Å². The van der Waals surface area contributed by atoms with Gasteiger partial charge in [0, 0.05) is 5.56 Å². The van der Waals surface area contributed by atoms with Gasteiger partial charge >= 0.3 is 12.0 Å². The standard InChI is InChI=1S/C26H20N2O6/c1-17(25(31)32)34-22-15-9-8-10-18(22)16-21-23(29)27(19-11-4-2-5-12-19)26(33)28(24(21)30)20-13-6-3-7-14-20/h2-17H,1H3,(H,31,32)/t17-/m1/s1. The van der Waals surface area contributed by atoms with Crippen LogP contribution in [0.4, 0.5) is 16.2 Å². The predicted octanol–water partition coefficient (Wildman–Crippen LogP) is 4.12. The molecule has 8 heteroatoms. The Hall–Kier alpha value is -4.72. The van der Waals surface area contributed by atoms with Gasteiger partial charge in [0.15, 0.2) is 6.10 Å². The van der Waals surface area contributed by atoms with Crippen LogP contribution >= 0.6 is 0 Å². The molecule has 170 valence electrons. The fourth-order valence-electron chi connectivity index (χ4n) is 3.44. The number of urea groups is 1. The molecule has 0 saturated carbocycles. The van der Waals surface area contributed by atoms with E-state index in [2.05, 4.69) is 0 Å². The quantitative estimate of drug-likeness (QED) is 0.442. The summed E-state index contributed by atoms with van der Waals surface area (Å²) in [6, 6.07) is 22.2. The second kappa shape index (κ2) is 9.41. The first-order chi connectivity index (χ1) is 16.4. The molecule has 34 heavy (non-hydrogen) atoms. The maximum Gasteiger partial charge on any atom is 0.344 e. The fourth-order valence-corrected chi connectivity index (χ4v) is 3.44. The number of ether oxygens (including phenoxy) is 1. The third-order valence-electron chi connectivity index (χ3n) is 5.15. The van der Waals surface area contributed by atoms with Crippen molar-refractivity contribution in [2.75, 3.05) is 9.80 Å². The van der Waals surface area contributed by atoms with Crippen molar-refractivity contribution in [1.82, 2.24) is 0 Å². The molecule has 1 aliphatic heterocycles. The topological polar surface area (TPSA) is 104 Å². The summed E-state index contributed by atoms with van der Waals surface area (Å²) in [5, 5.41) is 9.19. The molecule has 4 amide bonds. The average Bonchev–Trinajstić information content (AvgIpc) is 2.84. The van der Waals surface area contributed by atoms with Crippen molar-refractivity contribution in [2.24, 2.45) is 0 Å². The van der Waals surface area contributed by atoms with Crippen molar-refractivity contribution in [3.8, 4) is 5.75 Å². The number of carbonyl (C=O) groups is 4. The molecular weight excluding hydrogens is 436 g/mol. The van der Waals surface area contributed by atoms with Gasteiger partial charge in [-0.05, 0) is 43.3 Å². The van der Waals surface area contributed by atoms with E-state index in [4.69, 9.17) is 4.74 Å². The first-order valence-corrected chi connectivity index (χ1v) is 10.4. The minimum atomic E-state index is -1.16. The summed E-state index contributed by atoms with van der Waals surface area (Å²) < 4.78 is 5.50. The van der Waals surface area contributed by atoms with Crippen LogP contribution in [-0.2, 0) is 14.4 Å². The summed E-state index contributed by atoms with van der Waals surface area (Å²) in [4.78, 5) is 53.3. The number of barbiturate groups is 1. The number of para-hydroxylation sites is 3. The van der Waals surface area contributed by atoms with Crippen LogP contribution in [0.1, 0.15) is 12.5 Å². The number of rotatable bonds is 6. The molecule has 0 unspecified atom stereocenters. The van der Waals surface area contributed by atoms with Crippen LogP contribution in [0.25, 0.3) is 6.08 Å². The second-order valence-electron chi connectivity index (χ2n) is 7.43. The largest absolute Gasteiger partial charge is 0.479 e. The van der Waals surface area contributed by atoms with Crippen LogP contribution in [0.3, 0.4) is 0 Å². The van der Waals surface area contributed by atoms with Crippen molar-refractivity contribution in [2.45, 2.75) is 13.0 Å². The number of hydrogen-bond donors (Lipinski definition) is 1. The minimum Gasteiger partial charge on any atom is -0.479 e. The van der Waals surface area contributed by atoms with Gasteiger partial charge in [-0.3, -0.25) is 9.59 Å². The summed E-state index contributed by atoms with van der Waals surface area (Å²) in [6.45, 7) is 1.37. The lowest BCUT2D eigenvalue weighted by Crippen LogP contribution is -2.57. The monoisotopic (exact) mass is 456 g/mol. The van der Waals surface area contributed by atoms with Crippen molar-refractivity contribution >= 4 is 41.3 Å². The normalized spacial score (nSPS) is 14.7. The van der Waals surface area contributed by atoms with Gasteiger partial charge in [0.1, 0.15) is 11.3 Å². The van der Waals surface area contributed by atoms with Crippen LogP contribution in [0.15, 0.2) is 90.5 Å². The van der Waals surface area contributed by atoms with Gasteiger partial charge in [-0.1, -0.05) is 54.6 Å². The Morgan fingerprint density at radius 2 is 1.26 bits per heavy atom. The highest BCUT2D eigenvalue weighted by Gasteiger charge is 2.43. The molecule has 0 aromatic heterocycles. The number of aliphatic carboxylic acids is 1. The average molecular weight is 456 g/mol.